The number of hydrogen-bond donors (Lipinski definition) is 0. The van der Waals surface area contributed by atoms with Gasteiger partial charge in [0.25, 0.3) is 0 Å². The molecule has 1 aliphatic rings. The van der Waals surface area contributed by atoms with Gasteiger partial charge >= 0.3 is 0 Å². The first-order valence-electron chi connectivity index (χ1n) is 8.06. The molecule has 112 valence electrons. The predicted molar refractivity (Wildman–Crippen MR) is 97.5 cm³/mol. The van der Waals surface area contributed by atoms with Gasteiger partial charge in [0, 0.05) is 17.4 Å². The summed E-state index contributed by atoms with van der Waals surface area (Å²) in [7, 11) is 0. The third kappa shape index (κ3) is 2.85. The van der Waals surface area contributed by atoms with E-state index < -0.39 is 0 Å². The first kappa shape index (κ1) is 14.6. The van der Waals surface area contributed by atoms with Crippen molar-refractivity contribution in [3.05, 3.63) is 72.8 Å². The third-order valence-corrected chi connectivity index (χ3v) is 4.49. The molecule has 0 bridgehead atoms. The second-order valence-corrected chi connectivity index (χ2v) is 5.87. The van der Waals surface area contributed by atoms with Gasteiger partial charge in [0.2, 0.25) is 0 Å². The average Bonchev–Trinajstić information content (AvgIpc) is 3.10. The molecule has 1 heteroatoms. The normalized spacial score (nSPS) is 14.7. The topological polar surface area (TPSA) is 3.24 Å². The minimum atomic E-state index is 0.579. The lowest BCUT2D eigenvalue weighted by molar-refractivity contribution is 0.677. The van der Waals surface area contributed by atoms with Crippen LogP contribution in [0.5, 0.6) is 0 Å². The molecular formula is C21H23N. The molecule has 1 nitrogen and oxygen atoms in total. The minimum Gasteiger partial charge on any atom is -0.338 e. The van der Waals surface area contributed by atoms with Crippen molar-refractivity contribution < 1.29 is 0 Å². The van der Waals surface area contributed by atoms with E-state index in [0.717, 1.165) is 5.56 Å². The second kappa shape index (κ2) is 6.65. The highest BCUT2D eigenvalue weighted by atomic mass is 15.2. The van der Waals surface area contributed by atoms with Gasteiger partial charge in [-0.25, -0.2) is 0 Å². The van der Waals surface area contributed by atoms with Gasteiger partial charge in [-0.05, 0) is 48.2 Å². The van der Waals surface area contributed by atoms with Crippen molar-refractivity contribution in [2.24, 2.45) is 0 Å². The maximum absolute atomic E-state index is 4.01. The predicted octanol–water partition coefficient (Wildman–Crippen LogP) is 6.05. The number of para-hydroxylation sites is 1. The van der Waals surface area contributed by atoms with Crippen molar-refractivity contribution in [3.63, 3.8) is 0 Å². The summed E-state index contributed by atoms with van der Waals surface area (Å²) < 4.78 is 0. The Balaban J connectivity index is 2.09. The fourth-order valence-corrected chi connectivity index (χ4v) is 3.38. The molecule has 0 radical (unpaired) electrons. The number of nitrogens with zero attached hydrogens (tertiary/aromatic N) is 1. The van der Waals surface area contributed by atoms with Crippen molar-refractivity contribution in [1.29, 1.82) is 0 Å². The van der Waals surface area contributed by atoms with E-state index in [9.17, 15) is 0 Å². The van der Waals surface area contributed by atoms with Crippen molar-refractivity contribution in [3.8, 4) is 0 Å². The molecule has 1 fully saturated rings. The Kier molecular flexibility index (Phi) is 4.43. The molecule has 2 aromatic rings. The lowest BCUT2D eigenvalue weighted by atomic mass is 10.0. The Morgan fingerprint density at radius 2 is 1.64 bits per heavy atom. The zero-order valence-corrected chi connectivity index (χ0v) is 13.0. The third-order valence-electron chi connectivity index (χ3n) is 4.49. The van der Waals surface area contributed by atoms with Crippen molar-refractivity contribution in [1.82, 2.24) is 0 Å². The maximum Gasteiger partial charge on any atom is 0.0487 e. The summed E-state index contributed by atoms with van der Waals surface area (Å²) >= 11 is 0. The summed E-state index contributed by atoms with van der Waals surface area (Å²) in [5, 5.41) is 0. The fraction of sp³-hybridized carbons (Fsp3) is 0.238. The van der Waals surface area contributed by atoms with Crippen LogP contribution in [0.4, 0.5) is 11.4 Å². The van der Waals surface area contributed by atoms with Gasteiger partial charge in [0.1, 0.15) is 0 Å². The monoisotopic (exact) mass is 289 g/mol. The Morgan fingerprint density at radius 1 is 0.909 bits per heavy atom. The zero-order chi connectivity index (χ0) is 15.4. The van der Waals surface area contributed by atoms with E-state index in [1.165, 1.54) is 42.6 Å². The van der Waals surface area contributed by atoms with Crippen LogP contribution in [0.15, 0.2) is 61.7 Å². The number of benzene rings is 2. The standard InChI is InChI=1S/C21H23N/c1-3-17-14-15-21(18(4-2)16-17)22(20-12-8-9-13-20)19-10-6-5-7-11-19/h3-7,10-11,14-16,20H,1-2,8-9,12-13H2. The van der Waals surface area contributed by atoms with Crippen LogP contribution >= 0.6 is 0 Å². The highest BCUT2D eigenvalue weighted by Crippen LogP contribution is 2.37. The lowest BCUT2D eigenvalue weighted by Gasteiger charge is -2.32. The summed E-state index contributed by atoms with van der Waals surface area (Å²) in [6.07, 6.45) is 9.00. The summed E-state index contributed by atoms with van der Waals surface area (Å²) in [5.74, 6) is 0. The van der Waals surface area contributed by atoms with Crippen LogP contribution in [0.25, 0.3) is 12.2 Å². The van der Waals surface area contributed by atoms with Crippen LogP contribution in [0, 0.1) is 0 Å². The van der Waals surface area contributed by atoms with Crippen molar-refractivity contribution in [2.75, 3.05) is 4.90 Å². The van der Waals surface area contributed by atoms with Crippen LogP contribution in [0.1, 0.15) is 36.8 Å². The van der Waals surface area contributed by atoms with Gasteiger partial charge in [-0.3, -0.25) is 0 Å². The van der Waals surface area contributed by atoms with Gasteiger partial charge in [-0.2, -0.15) is 0 Å². The summed E-state index contributed by atoms with van der Waals surface area (Å²) in [6, 6.07) is 17.8. The van der Waals surface area contributed by atoms with Crippen LogP contribution < -0.4 is 4.90 Å². The summed E-state index contributed by atoms with van der Waals surface area (Å²) in [4.78, 5) is 2.50. The molecule has 0 unspecified atom stereocenters. The van der Waals surface area contributed by atoms with Gasteiger partial charge in [-0.15, -0.1) is 0 Å². The molecule has 3 rings (SSSR count). The summed E-state index contributed by atoms with van der Waals surface area (Å²) in [5.41, 5.74) is 4.83. The smallest absolute Gasteiger partial charge is 0.0487 e. The van der Waals surface area contributed by atoms with Crippen LogP contribution in [0.3, 0.4) is 0 Å². The van der Waals surface area contributed by atoms with E-state index in [1.54, 1.807) is 0 Å². The van der Waals surface area contributed by atoms with Gasteiger partial charge < -0.3 is 4.90 Å². The number of hydrogen-bond acceptors (Lipinski definition) is 1. The molecule has 1 aliphatic carbocycles. The molecule has 0 saturated heterocycles. The van der Waals surface area contributed by atoms with Gasteiger partial charge in [-0.1, -0.05) is 62.4 Å². The Bertz CT molecular complexity index is 651. The lowest BCUT2D eigenvalue weighted by Crippen LogP contribution is -2.29. The van der Waals surface area contributed by atoms with Crippen molar-refractivity contribution in [2.45, 2.75) is 31.7 Å². The van der Waals surface area contributed by atoms with E-state index in [2.05, 4.69) is 66.6 Å². The molecule has 22 heavy (non-hydrogen) atoms. The fourth-order valence-electron chi connectivity index (χ4n) is 3.38. The van der Waals surface area contributed by atoms with E-state index >= 15 is 0 Å². The van der Waals surface area contributed by atoms with Crippen LogP contribution in [-0.2, 0) is 0 Å². The molecule has 0 aliphatic heterocycles. The van der Waals surface area contributed by atoms with Gasteiger partial charge in [0.05, 0.1) is 0 Å². The Hall–Kier alpha value is -2.28. The number of anilines is 2. The molecule has 0 spiro atoms. The first-order valence-corrected chi connectivity index (χ1v) is 8.06. The van der Waals surface area contributed by atoms with Crippen LogP contribution in [-0.4, -0.2) is 6.04 Å². The van der Waals surface area contributed by atoms with E-state index in [1.807, 2.05) is 12.2 Å². The molecule has 0 N–H and O–H groups in total. The second-order valence-electron chi connectivity index (χ2n) is 5.87. The quantitative estimate of drug-likeness (QED) is 0.647. The molecular weight excluding hydrogens is 266 g/mol. The maximum atomic E-state index is 4.01. The highest BCUT2D eigenvalue weighted by molar-refractivity contribution is 5.76. The molecule has 0 atom stereocenters. The molecule has 0 amide bonds. The van der Waals surface area contributed by atoms with E-state index in [0.29, 0.717) is 6.04 Å². The Labute approximate surface area is 133 Å². The average molecular weight is 289 g/mol. The highest BCUT2D eigenvalue weighted by Gasteiger charge is 2.25. The molecule has 0 heterocycles. The van der Waals surface area contributed by atoms with Crippen LogP contribution in [0.2, 0.25) is 0 Å². The van der Waals surface area contributed by atoms with E-state index in [-0.39, 0.29) is 0 Å². The van der Waals surface area contributed by atoms with Crippen molar-refractivity contribution >= 4 is 23.5 Å². The molecule has 2 aromatic carbocycles. The summed E-state index contributed by atoms with van der Waals surface area (Å²) in [6.45, 7) is 7.88. The Morgan fingerprint density at radius 3 is 2.27 bits per heavy atom. The zero-order valence-electron chi connectivity index (χ0n) is 13.0. The van der Waals surface area contributed by atoms with E-state index in [4.69, 9.17) is 0 Å². The van der Waals surface area contributed by atoms with Gasteiger partial charge in [0.15, 0.2) is 0 Å². The minimum absolute atomic E-state index is 0.579. The first-order chi connectivity index (χ1) is 10.8. The largest absolute Gasteiger partial charge is 0.338 e. The SMILES string of the molecule is C=Cc1ccc(N(c2ccccc2)C2CCCC2)c(C=C)c1. The molecule has 1 saturated carbocycles. The number of rotatable bonds is 5. The molecule has 0 aromatic heterocycles.